The highest BCUT2D eigenvalue weighted by Crippen LogP contribution is 2.19. The fourth-order valence-corrected chi connectivity index (χ4v) is 1.89. The highest BCUT2D eigenvalue weighted by Gasteiger charge is 2.08. The Kier molecular flexibility index (Phi) is 2.52. The first-order chi connectivity index (χ1) is 7.61. The summed E-state index contributed by atoms with van der Waals surface area (Å²) in [6, 6.07) is 10.8. The normalized spacial score (nSPS) is 10.4. The van der Waals surface area contributed by atoms with Gasteiger partial charge in [-0.15, -0.1) is 0 Å². The molecule has 0 aliphatic heterocycles. The van der Waals surface area contributed by atoms with Crippen LogP contribution < -0.4 is 5.11 Å². The zero-order valence-corrected chi connectivity index (χ0v) is 9.23. The zero-order chi connectivity index (χ0) is 11.7. The van der Waals surface area contributed by atoms with E-state index in [1.54, 1.807) is 18.2 Å². The Morgan fingerprint density at radius 1 is 1.06 bits per heavy atom. The van der Waals surface area contributed by atoms with E-state index in [0.717, 1.165) is 11.4 Å². The number of aromatic nitrogens is 1. The third kappa shape index (κ3) is 1.60. The predicted molar refractivity (Wildman–Crippen MR) is 59.6 cm³/mol. The summed E-state index contributed by atoms with van der Waals surface area (Å²) in [6.45, 7) is 3.89. The van der Waals surface area contributed by atoms with Crippen LogP contribution in [0.2, 0.25) is 0 Å². The molecule has 2 rings (SSSR count). The van der Waals surface area contributed by atoms with Gasteiger partial charge in [-0.05, 0) is 32.0 Å². The standard InChI is InChI=1S/C13H13NO2/c1-9-7-8-10(2)14(9)12-6-4-3-5-11(12)13(15)16/h3-8H,1-2H3,(H,15,16)/p-1. The van der Waals surface area contributed by atoms with E-state index in [0.29, 0.717) is 5.69 Å². The lowest BCUT2D eigenvalue weighted by Gasteiger charge is -2.14. The maximum absolute atomic E-state index is 11.0. The van der Waals surface area contributed by atoms with E-state index in [9.17, 15) is 9.90 Å². The Morgan fingerprint density at radius 2 is 1.62 bits per heavy atom. The number of carbonyl (C=O) groups excluding carboxylic acids is 1. The molecule has 0 saturated heterocycles. The summed E-state index contributed by atoms with van der Waals surface area (Å²) in [7, 11) is 0. The highest BCUT2D eigenvalue weighted by atomic mass is 16.4. The molecule has 0 fully saturated rings. The van der Waals surface area contributed by atoms with E-state index in [1.807, 2.05) is 36.6 Å². The summed E-state index contributed by atoms with van der Waals surface area (Å²) in [5, 5.41) is 11.0. The lowest BCUT2D eigenvalue weighted by atomic mass is 10.1. The molecule has 0 bridgehead atoms. The van der Waals surface area contributed by atoms with Gasteiger partial charge in [0.25, 0.3) is 0 Å². The van der Waals surface area contributed by atoms with Crippen molar-refractivity contribution in [2.45, 2.75) is 13.8 Å². The van der Waals surface area contributed by atoms with Gasteiger partial charge in [-0.2, -0.15) is 0 Å². The van der Waals surface area contributed by atoms with Crippen LogP contribution in [0.15, 0.2) is 36.4 Å². The predicted octanol–water partition coefficient (Wildman–Crippen LogP) is 1.46. The van der Waals surface area contributed by atoms with Crippen LogP contribution in [0.1, 0.15) is 21.7 Å². The SMILES string of the molecule is Cc1ccc(C)n1-c1ccccc1C(=O)[O-]. The maximum atomic E-state index is 11.0. The second kappa shape index (κ2) is 3.85. The Hall–Kier alpha value is -2.03. The first-order valence-corrected chi connectivity index (χ1v) is 5.07. The molecule has 3 heteroatoms. The molecule has 1 aromatic heterocycles. The number of carboxylic acid groups (broad SMARTS) is 1. The van der Waals surface area contributed by atoms with Crippen molar-refractivity contribution < 1.29 is 9.90 Å². The van der Waals surface area contributed by atoms with Gasteiger partial charge in [0.05, 0.1) is 11.7 Å². The minimum Gasteiger partial charge on any atom is -0.545 e. The highest BCUT2D eigenvalue weighted by molar-refractivity contribution is 5.90. The van der Waals surface area contributed by atoms with Crippen molar-refractivity contribution in [3.05, 3.63) is 53.3 Å². The van der Waals surface area contributed by atoms with Crippen LogP contribution in [0, 0.1) is 13.8 Å². The number of hydrogen-bond donors (Lipinski definition) is 0. The quantitative estimate of drug-likeness (QED) is 0.759. The molecule has 0 aliphatic carbocycles. The molecule has 0 spiro atoms. The maximum Gasteiger partial charge on any atom is 0.0736 e. The van der Waals surface area contributed by atoms with Gasteiger partial charge in [-0.3, -0.25) is 0 Å². The van der Waals surface area contributed by atoms with E-state index < -0.39 is 5.97 Å². The first kappa shape index (κ1) is 10.5. The van der Waals surface area contributed by atoms with Gasteiger partial charge in [-0.1, -0.05) is 18.2 Å². The molecule has 0 amide bonds. The molecule has 82 valence electrons. The summed E-state index contributed by atoms with van der Waals surface area (Å²) in [4.78, 5) is 11.0. The van der Waals surface area contributed by atoms with Gasteiger partial charge >= 0.3 is 0 Å². The molecule has 16 heavy (non-hydrogen) atoms. The van der Waals surface area contributed by atoms with Crippen LogP contribution in [0.5, 0.6) is 0 Å². The molecule has 0 radical (unpaired) electrons. The number of aromatic carboxylic acids is 1. The molecule has 2 aromatic rings. The summed E-state index contributed by atoms with van der Waals surface area (Å²) in [6.07, 6.45) is 0. The second-order valence-corrected chi connectivity index (χ2v) is 3.76. The number of hydrogen-bond acceptors (Lipinski definition) is 2. The lowest BCUT2D eigenvalue weighted by Crippen LogP contribution is -2.24. The smallest absolute Gasteiger partial charge is 0.0736 e. The van der Waals surface area contributed by atoms with E-state index in [4.69, 9.17) is 0 Å². The molecule has 3 nitrogen and oxygen atoms in total. The van der Waals surface area contributed by atoms with E-state index in [2.05, 4.69) is 0 Å². The van der Waals surface area contributed by atoms with Crippen LogP contribution in [0.25, 0.3) is 5.69 Å². The number of benzene rings is 1. The Bertz CT molecular complexity index is 521. The van der Waals surface area contributed by atoms with E-state index >= 15 is 0 Å². The summed E-state index contributed by atoms with van der Waals surface area (Å²) < 4.78 is 1.91. The number of rotatable bonds is 2. The van der Waals surface area contributed by atoms with Crippen molar-refractivity contribution in [1.29, 1.82) is 0 Å². The molecule has 0 atom stereocenters. The number of aryl methyl sites for hydroxylation is 2. The second-order valence-electron chi connectivity index (χ2n) is 3.76. The van der Waals surface area contributed by atoms with Crippen LogP contribution >= 0.6 is 0 Å². The van der Waals surface area contributed by atoms with Gasteiger partial charge in [0.1, 0.15) is 0 Å². The van der Waals surface area contributed by atoms with Crippen LogP contribution in [-0.2, 0) is 0 Å². The van der Waals surface area contributed by atoms with E-state index in [-0.39, 0.29) is 5.56 Å². The molecule has 0 saturated carbocycles. The number of carboxylic acids is 1. The molecule has 1 heterocycles. The van der Waals surface area contributed by atoms with Crippen molar-refractivity contribution in [3.63, 3.8) is 0 Å². The van der Waals surface area contributed by atoms with Gasteiger partial charge < -0.3 is 14.5 Å². The molecule has 0 aliphatic rings. The average molecular weight is 214 g/mol. The van der Waals surface area contributed by atoms with Gasteiger partial charge in [-0.25, -0.2) is 0 Å². The summed E-state index contributed by atoms with van der Waals surface area (Å²) in [5.41, 5.74) is 2.88. The number of para-hydroxylation sites is 1. The van der Waals surface area contributed by atoms with E-state index in [1.165, 1.54) is 0 Å². The lowest BCUT2D eigenvalue weighted by molar-refractivity contribution is -0.255. The summed E-state index contributed by atoms with van der Waals surface area (Å²) >= 11 is 0. The van der Waals surface area contributed by atoms with Gasteiger partial charge in [0, 0.05) is 17.0 Å². The third-order valence-corrected chi connectivity index (χ3v) is 2.64. The Morgan fingerprint density at radius 3 is 2.19 bits per heavy atom. The van der Waals surface area contributed by atoms with Gasteiger partial charge in [0.2, 0.25) is 0 Å². The topological polar surface area (TPSA) is 45.1 Å². The van der Waals surface area contributed by atoms with Gasteiger partial charge in [0.15, 0.2) is 0 Å². The third-order valence-electron chi connectivity index (χ3n) is 2.64. The van der Waals surface area contributed by atoms with Crippen molar-refractivity contribution in [2.24, 2.45) is 0 Å². The monoisotopic (exact) mass is 214 g/mol. The fraction of sp³-hybridized carbons (Fsp3) is 0.154. The van der Waals surface area contributed by atoms with Crippen LogP contribution in [0.4, 0.5) is 0 Å². The number of carbonyl (C=O) groups is 1. The average Bonchev–Trinajstić information content (AvgIpc) is 2.58. The Labute approximate surface area is 94.0 Å². The first-order valence-electron chi connectivity index (χ1n) is 5.07. The molecular weight excluding hydrogens is 202 g/mol. The number of nitrogens with zero attached hydrogens (tertiary/aromatic N) is 1. The van der Waals surface area contributed by atoms with Crippen molar-refractivity contribution in [2.75, 3.05) is 0 Å². The van der Waals surface area contributed by atoms with Crippen molar-refractivity contribution in [3.8, 4) is 5.69 Å². The summed E-state index contributed by atoms with van der Waals surface area (Å²) in [5.74, 6) is -1.15. The molecular formula is C13H12NO2-. The minimum atomic E-state index is -1.15. The fourth-order valence-electron chi connectivity index (χ4n) is 1.89. The largest absolute Gasteiger partial charge is 0.545 e. The Balaban J connectivity index is 2.69. The molecule has 1 aromatic carbocycles. The van der Waals surface area contributed by atoms with Crippen molar-refractivity contribution in [1.82, 2.24) is 4.57 Å². The van der Waals surface area contributed by atoms with Crippen molar-refractivity contribution >= 4 is 5.97 Å². The van der Waals surface area contributed by atoms with Crippen LogP contribution in [0.3, 0.4) is 0 Å². The minimum absolute atomic E-state index is 0.213. The molecule has 0 unspecified atom stereocenters. The molecule has 0 N–H and O–H groups in total. The zero-order valence-electron chi connectivity index (χ0n) is 9.23. The van der Waals surface area contributed by atoms with Crippen LogP contribution in [-0.4, -0.2) is 10.5 Å².